The van der Waals surface area contributed by atoms with Crippen LogP contribution in [-0.4, -0.2) is 34.1 Å². The van der Waals surface area contributed by atoms with E-state index < -0.39 is 28.1 Å². The van der Waals surface area contributed by atoms with E-state index in [1.807, 2.05) is 0 Å². The van der Waals surface area contributed by atoms with Gasteiger partial charge >= 0.3 is 11.9 Å². The zero-order chi connectivity index (χ0) is 18.2. The number of nitrogens with zero attached hydrogens (tertiary/aromatic N) is 2. The molecule has 1 aliphatic rings. The summed E-state index contributed by atoms with van der Waals surface area (Å²) < 4.78 is 38.6. The van der Waals surface area contributed by atoms with Gasteiger partial charge in [-0.25, -0.2) is 9.78 Å². The lowest BCUT2D eigenvalue weighted by molar-refractivity contribution is -0.141. The fraction of sp³-hybridized carbons (Fsp3) is 0.357. The topological polar surface area (TPSA) is 93.9 Å². The largest absolute Gasteiger partial charge is 0.434 e. The third-order valence-corrected chi connectivity index (χ3v) is 4.05. The van der Waals surface area contributed by atoms with Crippen LogP contribution in [0.25, 0.3) is 0 Å². The Balaban J connectivity index is 1.73. The van der Waals surface area contributed by atoms with Crippen LogP contribution in [0, 0.1) is 0 Å². The molecule has 2 aromatic heterocycles. The number of alkyl halides is 3. The standard InChI is InChI=1S/C14H13ClF3N5O2/c15-8-1-2-9(20-12(8)14(16,17)18)19-7-3-4-23(6-7)10-5-11(24)22-13(25)21-10/h1-2,5,7H,3-4,6H2,(H,19,20)(H2,21,22,24,25)/t7-/m1/s1. The molecule has 0 unspecified atom stereocenters. The van der Waals surface area contributed by atoms with Gasteiger partial charge in [0, 0.05) is 25.2 Å². The van der Waals surface area contributed by atoms with Crippen molar-refractivity contribution in [2.24, 2.45) is 0 Å². The van der Waals surface area contributed by atoms with E-state index in [1.54, 1.807) is 4.90 Å². The summed E-state index contributed by atoms with van der Waals surface area (Å²) in [5.74, 6) is 0.418. The zero-order valence-electron chi connectivity index (χ0n) is 12.7. The predicted octanol–water partition coefficient (Wildman–Crippen LogP) is 1.82. The van der Waals surface area contributed by atoms with Gasteiger partial charge in [-0.2, -0.15) is 13.2 Å². The lowest BCUT2D eigenvalue weighted by Crippen LogP contribution is -2.31. The molecule has 0 saturated carbocycles. The fourth-order valence-corrected chi connectivity index (χ4v) is 2.87. The first-order valence-electron chi connectivity index (χ1n) is 7.31. The number of H-pyrrole nitrogens is 2. The van der Waals surface area contributed by atoms with Gasteiger partial charge in [-0.3, -0.25) is 14.8 Å². The second kappa shape index (κ2) is 6.43. The van der Waals surface area contributed by atoms with Crippen LogP contribution in [0.15, 0.2) is 27.8 Å². The number of rotatable bonds is 3. The minimum absolute atomic E-state index is 0.0583. The smallest absolute Gasteiger partial charge is 0.365 e. The number of hydrogen-bond donors (Lipinski definition) is 3. The third-order valence-electron chi connectivity index (χ3n) is 3.74. The molecular weight excluding hydrogens is 363 g/mol. The molecular formula is C14H13ClF3N5O2. The van der Waals surface area contributed by atoms with Crippen LogP contribution in [0.2, 0.25) is 5.02 Å². The normalized spacial score (nSPS) is 17.8. The molecule has 0 aliphatic carbocycles. The van der Waals surface area contributed by atoms with Crippen molar-refractivity contribution in [3.05, 3.63) is 49.8 Å². The van der Waals surface area contributed by atoms with Gasteiger partial charge in [0.25, 0.3) is 5.56 Å². The quantitative estimate of drug-likeness (QED) is 0.761. The highest BCUT2D eigenvalue weighted by molar-refractivity contribution is 6.31. The van der Waals surface area contributed by atoms with Crippen molar-refractivity contribution in [2.75, 3.05) is 23.3 Å². The Morgan fingerprint density at radius 2 is 2.04 bits per heavy atom. The van der Waals surface area contributed by atoms with Crippen LogP contribution in [0.5, 0.6) is 0 Å². The maximum atomic E-state index is 12.9. The van der Waals surface area contributed by atoms with Crippen molar-refractivity contribution in [3.8, 4) is 0 Å². The molecule has 0 aromatic carbocycles. The van der Waals surface area contributed by atoms with Crippen LogP contribution in [0.3, 0.4) is 0 Å². The van der Waals surface area contributed by atoms with Crippen molar-refractivity contribution in [1.29, 1.82) is 0 Å². The van der Waals surface area contributed by atoms with E-state index in [1.165, 1.54) is 12.1 Å². The molecule has 1 fully saturated rings. The molecule has 134 valence electrons. The molecule has 3 rings (SSSR count). The average Bonchev–Trinajstić information content (AvgIpc) is 2.96. The monoisotopic (exact) mass is 375 g/mol. The lowest BCUT2D eigenvalue weighted by Gasteiger charge is -2.18. The van der Waals surface area contributed by atoms with E-state index in [0.717, 1.165) is 6.07 Å². The van der Waals surface area contributed by atoms with Crippen LogP contribution < -0.4 is 21.5 Å². The van der Waals surface area contributed by atoms with Gasteiger partial charge in [0.05, 0.1) is 5.02 Å². The summed E-state index contributed by atoms with van der Waals surface area (Å²) in [6.07, 6.45) is -4.04. The first-order valence-corrected chi connectivity index (χ1v) is 7.69. The van der Waals surface area contributed by atoms with Crippen molar-refractivity contribution < 1.29 is 13.2 Å². The second-order valence-corrected chi connectivity index (χ2v) is 5.98. The average molecular weight is 376 g/mol. The maximum absolute atomic E-state index is 12.9. The number of halogens is 4. The third kappa shape index (κ3) is 3.95. The summed E-state index contributed by atoms with van der Waals surface area (Å²) in [6, 6.07) is 3.57. The Kier molecular flexibility index (Phi) is 4.46. The van der Waals surface area contributed by atoms with Gasteiger partial charge in [-0.05, 0) is 18.6 Å². The van der Waals surface area contributed by atoms with Gasteiger partial charge in [0.1, 0.15) is 11.6 Å². The molecule has 1 saturated heterocycles. The molecule has 0 radical (unpaired) electrons. The summed E-state index contributed by atoms with van der Waals surface area (Å²) in [5.41, 5.74) is -2.29. The van der Waals surface area contributed by atoms with Gasteiger partial charge in [-0.15, -0.1) is 0 Å². The number of anilines is 2. The molecule has 7 nitrogen and oxygen atoms in total. The van der Waals surface area contributed by atoms with Crippen LogP contribution in [0.1, 0.15) is 12.1 Å². The summed E-state index contributed by atoms with van der Waals surface area (Å²) in [5, 5.41) is 2.45. The Bertz CT molecular complexity index is 867. The van der Waals surface area contributed by atoms with Gasteiger partial charge in [0.15, 0.2) is 5.69 Å². The van der Waals surface area contributed by atoms with Crippen molar-refractivity contribution in [3.63, 3.8) is 0 Å². The highest BCUT2D eigenvalue weighted by atomic mass is 35.5. The van der Waals surface area contributed by atoms with E-state index >= 15 is 0 Å². The predicted molar refractivity (Wildman–Crippen MR) is 86.2 cm³/mol. The van der Waals surface area contributed by atoms with Crippen molar-refractivity contribution >= 4 is 23.2 Å². The summed E-state index contributed by atoms with van der Waals surface area (Å²) in [4.78, 5) is 32.6. The van der Waals surface area contributed by atoms with E-state index in [2.05, 4.69) is 20.3 Å². The number of aromatic nitrogens is 3. The Hall–Kier alpha value is -2.49. The van der Waals surface area contributed by atoms with Crippen molar-refractivity contribution in [2.45, 2.75) is 18.6 Å². The molecule has 3 N–H and O–H groups in total. The van der Waals surface area contributed by atoms with Gasteiger partial charge in [-0.1, -0.05) is 11.6 Å². The summed E-state index contributed by atoms with van der Waals surface area (Å²) >= 11 is 5.55. The van der Waals surface area contributed by atoms with E-state index in [-0.39, 0.29) is 11.9 Å². The molecule has 11 heteroatoms. The first kappa shape index (κ1) is 17.3. The second-order valence-electron chi connectivity index (χ2n) is 5.57. The zero-order valence-corrected chi connectivity index (χ0v) is 13.4. The summed E-state index contributed by atoms with van der Waals surface area (Å²) in [6.45, 7) is 0.918. The van der Waals surface area contributed by atoms with Crippen LogP contribution in [0.4, 0.5) is 24.8 Å². The molecule has 0 amide bonds. The molecule has 0 bridgehead atoms. The fourth-order valence-electron chi connectivity index (χ4n) is 2.65. The molecule has 25 heavy (non-hydrogen) atoms. The molecule has 0 spiro atoms. The number of pyridine rings is 1. The Morgan fingerprint density at radius 1 is 1.28 bits per heavy atom. The van der Waals surface area contributed by atoms with E-state index in [0.29, 0.717) is 25.3 Å². The first-order chi connectivity index (χ1) is 11.7. The highest BCUT2D eigenvalue weighted by Gasteiger charge is 2.35. The molecule has 2 aromatic rings. The molecule has 1 aliphatic heterocycles. The summed E-state index contributed by atoms with van der Waals surface area (Å²) in [7, 11) is 0. The van der Waals surface area contributed by atoms with Crippen LogP contribution in [-0.2, 0) is 6.18 Å². The van der Waals surface area contributed by atoms with Crippen molar-refractivity contribution in [1.82, 2.24) is 15.0 Å². The molecule has 3 heterocycles. The lowest BCUT2D eigenvalue weighted by atomic mass is 10.2. The Morgan fingerprint density at radius 3 is 2.72 bits per heavy atom. The maximum Gasteiger partial charge on any atom is 0.434 e. The SMILES string of the molecule is O=c1cc(N2CC[C@@H](Nc3ccc(Cl)c(C(F)(F)F)n3)C2)[nH]c(=O)[nH]1. The minimum Gasteiger partial charge on any atom is -0.365 e. The number of nitrogens with one attached hydrogen (secondary N) is 3. The Labute approximate surface area is 143 Å². The molecule has 1 atom stereocenters. The highest BCUT2D eigenvalue weighted by Crippen LogP contribution is 2.34. The van der Waals surface area contributed by atoms with E-state index in [4.69, 9.17) is 11.6 Å². The van der Waals surface area contributed by atoms with Gasteiger partial charge in [0.2, 0.25) is 0 Å². The van der Waals surface area contributed by atoms with Crippen LogP contribution >= 0.6 is 11.6 Å². The number of aromatic amines is 2. The van der Waals surface area contributed by atoms with E-state index in [9.17, 15) is 22.8 Å². The minimum atomic E-state index is -4.64. The number of hydrogen-bond acceptors (Lipinski definition) is 5. The van der Waals surface area contributed by atoms with Gasteiger partial charge < -0.3 is 10.2 Å².